The second-order valence-electron chi connectivity index (χ2n) is 11.0. The highest BCUT2D eigenvalue weighted by molar-refractivity contribution is 5.89. The minimum absolute atomic E-state index is 0.0140. The summed E-state index contributed by atoms with van der Waals surface area (Å²) in [6.45, 7) is 13.2. The SMILES string of the molecule is CCC(CC)(c1ccc(C(=O)OC)cc1)c1nc(C)c(CCC(OCc2ccccc2)C(C)(C)C)c(=O)[nH]1. The molecule has 2 aromatic carbocycles. The van der Waals surface area contributed by atoms with Gasteiger partial charge < -0.3 is 14.5 Å². The lowest BCUT2D eigenvalue weighted by atomic mass is 9.74. The largest absolute Gasteiger partial charge is 0.465 e. The summed E-state index contributed by atoms with van der Waals surface area (Å²) in [6.07, 6.45) is 2.80. The third-order valence-corrected chi connectivity index (χ3v) is 7.66. The molecule has 3 rings (SSSR count). The molecule has 1 aromatic heterocycles. The van der Waals surface area contributed by atoms with Gasteiger partial charge in [0.1, 0.15) is 5.82 Å². The Labute approximate surface area is 226 Å². The predicted molar refractivity (Wildman–Crippen MR) is 152 cm³/mol. The number of esters is 1. The Morgan fingerprint density at radius 3 is 2.16 bits per heavy atom. The van der Waals surface area contributed by atoms with E-state index in [4.69, 9.17) is 14.5 Å². The van der Waals surface area contributed by atoms with Crippen LogP contribution in [-0.2, 0) is 27.9 Å². The van der Waals surface area contributed by atoms with E-state index in [1.807, 2.05) is 37.3 Å². The second kappa shape index (κ2) is 12.5. The maximum absolute atomic E-state index is 13.4. The molecule has 6 heteroatoms. The molecule has 0 aliphatic rings. The highest BCUT2D eigenvalue weighted by Gasteiger charge is 2.34. The van der Waals surface area contributed by atoms with Gasteiger partial charge in [0.05, 0.1) is 30.8 Å². The Balaban J connectivity index is 1.85. The van der Waals surface area contributed by atoms with Crippen molar-refractivity contribution in [2.24, 2.45) is 5.41 Å². The lowest BCUT2D eigenvalue weighted by Gasteiger charge is -2.32. The normalized spacial score (nSPS) is 12.8. The maximum atomic E-state index is 13.4. The number of aryl methyl sites for hydroxylation is 1. The van der Waals surface area contributed by atoms with E-state index in [1.54, 1.807) is 12.1 Å². The van der Waals surface area contributed by atoms with Gasteiger partial charge in [0.2, 0.25) is 0 Å². The molecule has 1 heterocycles. The van der Waals surface area contributed by atoms with E-state index < -0.39 is 5.41 Å². The van der Waals surface area contributed by atoms with Gasteiger partial charge in [-0.25, -0.2) is 9.78 Å². The van der Waals surface area contributed by atoms with Gasteiger partial charge >= 0.3 is 5.97 Å². The van der Waals surface area contributed by atoms with Crippen molar-refractivity contribution in [1.82, 2.24) is 9.97 Å². The summed E-state index contributed by atoms with van der Waals surface area (Å²) >= 11 is 0. The smallest absolute Gasteiger partial charge is 0.337 e. The van der Waals surface area contributed by atoms with Crippen molar-refractivity contribution in [3.63, 3.8) is 0 Å². The number of benzene rings is 2. The van der Waals surface area contributed by atoms with Gasteiger partial charge in [-0.3, -0.25) is 4.79 Å². The Kier molecular flexibility index (Phi) is 9.66. The summed E-state index contributed by atoms with van der Waals surface area (Å²) in [5.74, 6) is 0.287. The summed E-state index contributed by atoms with van der Waals surface area (Å²) in [5, 5.41) is 0. The Hall–Kier alpha value is -3.25. The topological polar surface area (TPSA) is 81.3 Å². The van der Waals surface area contributed by atoms with Gasteiger partial charge in [0.25, 0.3) is 5.56 Å². The Morgan fingerprint density at radius 1 is 1.00 bits per heavy atom. The molecule has 1 N–H and O–H groups in total. The maximum Gasteiger partial charge on any atom is 0.337 e. The molecule has 0 aliphatic carbocycles. The monoisotopic (exact) mass is 518 g/mol. The highest BCUT2D eigenvalue weighted by Crippen LogP contribution is 2.37. The molecule has 0 bridgehead atoms. The Bertz CT molecular complexity index is 1250. The molecule has 6 nitrogen and oxygen atoms in total. The number of methoxy groups -OCH3 is 1. The number of ether oxygens (including phenoxy) is 2. The van der Waals surface area contributed by atoms with Crippen LogP contribution in [0, 0.1) is 12.3 Å². The zero-order valence-corrected chi connectivity index (χ0v) is 23.9. The standard InChI is InChI=1S/C32H42N2O4/c1-8-32(9-2,25-17-15-24(16-18-25)29(36)37-7)30-33-22(3)26(28(35)34-30)19-20-27(31(4,5)6)38-21-23-13-11-10-12-14-23/h10-18,27H,8-9,19-21H2,1-7H3,(H,33,34,35). The number of hydrogen-bond donors (Lipinski definition) is 1. The number of carbonyl (C=O) groups is 1. The van der Waals surface area contributed by atoms with Crippen molar-refractivity contribution < 1.29 is 14.3 Å². The molecule has 0 fully saturated rings. The minimum atomic E-state index is -0.468. The molecule has 204 valence electrons. The van der Waals surface area contributed by atoms with Gasteiger partial charge in [0.15, 0.2) is 0 Å². The van der Waals surface area contributed by atoms with Crippen LogP contribution in [0.1, 0.15) is 92.4 Å². The van der Waals surface area contributed by atoms with E-state index in [-0.39, 0.29) is 23.0 Å². The molecule has 0 saturated heterocycles. The zero-order chi connectivity index (χ0) is 27.9. The van der Waals surface area contributed by atoms with Crippen LogP contribution in [-0.4, -0.2) is 29.2 Å². The van der Waals surface area contributed by atoms with Gasteiger partial charge in [0, 0.05) is 11.3 Å². The average Bonchev–Trinajstić information content (AvgIpc) is 2.90. The summed E-state index contributed by atoms with van der Waals surface area (Å²) in [6, 6.07) is 17.6. The van der Waals surface area contributed by atoms with Crippen molar-refractivity contribution in [2.75, 3.05) is 7.11 Å². The van der Waals surface area contributed by atoms with E-state index >= 15 is 0 Å². The first-order chi connectivity index (χ1) is 18.1. The third kappa shape index (κ3) is 6.60. The summed E-state index contributed by atoms with van der Waals surface area (Å²) in [5.41, 5.74) is 3.45. The van der Waals surface area contributed by atoms with Crippen molar-refractivity contribution >= 4 is 5.97 Å². The molecular weight excluding hydrogens is 476 g/mol. The van der Waals surface area contributed by atoms with Crippen molar-refractivity contribution in [3.8, 4) is 0 Å². The first-order valence-corrected chi connectivity index (χ1v) is 13.5. The van der Waals surface area contributed by atoms with Gasteiger partial charge in [-0.1, -0.05) is 77.1 Å². The average molecular weight is 519 g/mol. The van der Waals surface area contributed by atoms with Crippen LogP contribution in [0.5, 0.6) is 0 Å². The molecular formula is C32H42N2O4. The summed E-state index contributed by atoms with van der Waals surface area (Å²) in [7, 11) is 1.37. The molecule has 0 aliphatic heterocycles. The minimum Gasteiger partial charge on any atom is -0.465 e. The Morgan fingerprint density at radius 2 is 1.63 bits per heavy atom. The fourth-order valence-corrected chi connectivity index (χ4v) is 5.12. The number of aromatic amines is 1. The van der Waals surface area contributed by atoms with Crippen LogP contribution in [0.15, 0.2) is 59.4 Å². The van der Waals surface area contributed by atoms with Gasteiger partial charge in [-0.2, -0.15) is 0 Å². The molecule has 38 heavy (non-hydrogen) atoms. The zero-order valence-electron chi connectivity index (χ0n) is 23.9. The predicted octanol–water partition coefficient (Wildman–Crippen LogP) is 6.54. The molecule has 0 spiro atoms. The molecule has 1 atom stereocenters. The third-order valence-electron chi connectivity index (χ3n) is 7.66. The summed E-state index contributed by atoms with van der Waals surface area (Å²) in [4.78, 5) is 33.4. The molecule has 0 radical (unpaired) electrons. The number of hydrogen-bond acceptors (Lipinski definition) is 5. The van der Waals surface area contributed by atoms with E-state index in [0.717, 1.165) is 36.1 Å². The molecule has 0 amide bonds. The van der Waals surface area contributed by atoms with Crippen LogP contribution in [0.25, 0.3) is 0 Å². The van der Waals surface area contributed by atoms with Gasteiger partial charge in [-0.15, -0.1) is 0 Å². The van der Waals surface area contributed by atoms with Crippen molar-refractivity contribution in [3.05, 3.63) is 98.7 Å². The molecule has 0 saturated carbocycles. The first kappa shape index (κ1) is 29.3. The second-order valence-corrected chi connectivity index (χ2v) is 11.0. The number of nitrogens with zero attached hydrogens (tertiary/aromatic N) is 1. The highest BCUT2D eigenvalue weighted by atomic mass is 16.5. The fraction of sp³-hybridized carbons (Fsp3) is 0.469. The van der Waals surface area contributed by atoms with Crippen LogP contribution in [0.4, 0.5) is 0 Å². The number of rotatable bonds is 11. The quantitative estimate of drug-likeness (QED) is 0.292. The van der Waals surface area contributed by atoms with E-state index in [1.165, 1.54) is 7.11 Å². The summed E-state index contributed by atoms with van der Waals surface area (Å²) < 4.78 is 11.2. The number of nitrogens with one attached hydrogen (secondary N) is 1. The fourth-order valence-electron chi connectivity index (χ4n) is 5.12. The van der Waals surface area contributed by atoms with Gasteiger partial charge in [-0.05, 0) is 61.3 Å². The molecule has 3 aromatic rings. The lowest BCUT2D eigenvalue weighted by Crippen LogP contribution is -2.34. The van der Waals surface area contributed by atoms with Crippen LogP contribution in [0.2, 0.25) is 0 Å². The van der Waals surface area contributed by atoms with Crippen LogP contribution in [0.3, 0.4) is 0 Å². The van der Waals surface area contributed by atoms with E-state index in [0.29, 0.717) is 30.0 Å². The number of H-pyrrole nitrogens is 1. The van der Waals surface area contributed by atoms with Crippen LogP contribution < -0.4 is 5.56 Å². The van der Waals surface area contributed by atoms with Crippen molar-refractivity contribution in [1.29, 1.82) is 0 Å². The number of carbonyl (C=O) groups excluding carboxylic acids is 1. The number of aromatic nitrogens is 2. The molecule has 1 unspecified atom stereocenters. The lowest BCUT2D eigenvalue weighted by molar-refractivity contribution is -0.0327. The van der Waals surface area contributed by atoms with E-state index in [9.17, 15) is 9.59 Å². The van der Waals surface area contributed by atoms with E-state index in [2.05, 4.69) is 51.7 Å². The van der Waals surface area contributed by atoms with Crippen LogP contribution >= 0.6 is 0 Å². The van der Waals surface area contributed by atoms with Crippen molar-refractivity contribution in [2.45, 2.75) is 85.4 Å². The first-order valence-electron chi connectivity index (χ1n) is 13.5.